The summed E-state index contributed by atoms with van der Waals surface area (Å²) < 4.78 is 0. The van der Waals surface area contributed by atoms with E-state index in [0.29, 0.717) is 11.3 Å². The van der Waals surface area contributed by atoms with Crippen molar-refractivity contribution in [1.82, 2.24) is 20.2 Å². The summed E-state index contributed by atoms with van der Waals surface area (Å²) in [5.74, 6) is 0.922. The lowest BCUT2D eigenvalue weighted by atomic mass is 9.95. The predicted octanol–water partition coefficient (Wildman–Crippen LogP) is 3.28. The summed E-state index contributed by atoms with van der Waals surface area (Å²) in [7, 11) is 0. The Hall–Kier alpha value is -1.69. The number of likely N-dealkylation sites (tertiary alicyclic amines) is 1. The van der Waals surface area contributed by atoms with Gasteiger partial charge >= 0.3 is 0 Å². The van der Waals surface area contributed by atoms with Crippen LogP contribution in [0.5, 0.6) is 0 Å². The van der Waals surface area contributed by atoms with E-state index in [1.165, 1.54) is 37.1 Å². The van der Waals surface area contributed by atoms with Crippen LogP contribution in [0.3, 0.4) is 0 Å². The lowest BCUT2D eigenvalue weighted by Gasteiger charge is -2.27. The molecule has 0 amide bonds. The van der Waals surface area contributed by atoms with Crippen molar-refractivity contribution in [2.24, 2.45) is 0 Å². The summed E-state index contributed by atoms with van der Waals surface area (Å²) in [6, 6.07) is 11.0. The molecule has 1 fully saturated rings. The van der Waals surface area contributed by atoms with E-state index in [2.05, 4.69) is 55.8 Å². The van der Waals surface area contributed by atoms with E-state index in [1.54, 1.807) is 0 Å². The van der Waals surface area contributed by atoms with Crippen molar-refractivity contribution in [3.8, 4) is 0 Å². The molecule has 5 nitrogen and oxygen atoms in total. The lowest BCUT2D eigenvalue weighted by Crippen LogP contribution is -2.38. The first-order valence-electron chi connectivity index (χ1n) is 10.1. The largest absolute Gasteiger partial charge is 0.370 e. The Labute approximate surface area is 166 Å². The first-order valence-corrected chi connectivity index (χ1v) is 10.4. The van der Waals surface area contributed by atoms with E-state index in [-0.39, 0.29) is 0 Å². The average molecular weight is 386 g/mol. The second-order valence-corrected chi connectivity index (χ2v) is 7.91. The molecule has 0 radical (unpaired) electrons. The van der Waals surface area contributed by atoms with Crippen LogP contribution in [0, 0.1) is 0 Å². The van der Waals surface area contributed by atoms with Crippen LogP contribution in [0.2, 0.25) is 5.28 Å². The molecule has 2 N–H and O–H groups in total. The molecule has 0 spiro atoms. The summed E-state index contributed by atoms with van der Waals surface area (Å²) in [5, 5.41) is 7.46. The molecule has 1 atom stereocenters. The Balaban J connectivity index is 1.38. The Morgan fingerprint density at radius 2 is 1.96 bits per heavy atom. The van der Waals surface area contributed by atoms with Crippen LogP contribution < -0.4 is 10.6 Å². The van der Waals surface area contributed by atoms with Crippen LogP contribution in [0.15, 0.2) is 30.3 Å². The lowest BCUT2D eigenvalue weighted by molar-refractivity contribution is 0.337. The van der Waals surface area contributed by atoms with Gasteiger partial charge in [0.15, 0.2) is 0 Å². The van der Waals surface area contributed by atoms with Gasteiger partial charge in [-0.25, -0.2) is 9.97 Å². The zero-order valence-electron chi connectivity index (χ0n) is 15.8. The Morgan fingerprint density at radius 1 is 1.15 bits per heavy atom. The first-order chi connectivity index (χ1) is 13.3. The Morgan fingerprint density at radius 3 is 2.78 bits per heavy atom. The summed E-state index contributed by atoms with van der Waals surface area (Å²) in [6.07, 6.45) is 5.76. The van der Waals surface area contributed by atoms with E-state index >= 15 is 0 Å². The van der Waals surface area contributed by atoms with Crippen LogP contribution in [-0.4, -0.2) is 47.1 Å². The van der Waals surface area contributed by atoms with E-state index in [4.69, 9.17) is 11.6 Å². The van der Waals surface area contributed by atoms with Gasteiger partial charge in [-0.05, 0) is 68.9 Å². The second-order valence-electron chi connectivity index (χ2n) is 7.57. The fourth-order valence-corrected chi connectivity index (χ4v) is 4.31. The smallest absolute Gasteiger partial charge is 0.224 e. The molecule has 1 unspecified atom stereocenters. The summed E-state index contributed by atoms with van der Waals surface area (Å²) >= 11 is 6.17. The third-order valence-corrected chi connectivity index (χ3v) is 5.71. The van der Waals surface area contributed by atoms with Gasteiger partial charge in [0.1, 0.15) is 5.82 Å². The zero-order chi connectivity index (χ0) is 18.5. The summed E-state index contributed by atoms with van der Waals surface area (Å²) in [6.45, 7) is 5.33. The van der Waals surface area contributed by atoms with E-state index in [1.807, 2.05) is 0 Å². The Bertz CT molecular complexity index is 746. The number of fused-ring (bicyclic) bond motifs is 1. The second kappa shape index (κ2) is 9.00. The molecule has 1 aromatic heterocycles. The minimum absolute atomic E-state index is 0.333. The van der Waals surface area contributed by atoms with Crippen LogP contribution in [0.1, 0.15) is 36.1 Å². The quantitative estimate of drug-likeness (QED) is 0.565. The first kappa shape index (κ1) is 18.7. The van der Waals surface area contributed by atoms with Crippen LogP contribution >= 0.6 is 11.6 Å². The molecule has 2 aliphatic heterocycles. The standard InChI is InChI=1S/C21H28ClN5/c22-21-25-19-15-24-17(13-16-7-2-1-3-8-16)14-18(19)20(26-21)23-9-6-12-27-10-4-5-11-27/h1-3,7-8,17,24H,4-6,9-15H2,(H,23,25,26). The number of nitrogens with zero attached hydrogens (tertiary/aromatic N) is 3. The highest BCUT2D eigenvalue weighted by atomic mass is 35.5. The molecule has 27 heavy (non-hydrogen) atoms. The minimum atomic E-state index is 0.333. The third-order valence-electron chi connectivity index (χ3n) is 5.54. The van der Waals surface area contributed by atoms with Gasteiger partial charge in [0.2, 0.25) is 5.28 Å². The van der Waals surface area contributed by atoms with E-state index < -0.39 is 0 Å². The number of hydrogen-bond donors (Lipinski definition) is 2. The molecule has 4 rings (SSSR count). The fraction of sp³-hybridized carbons (Fsp3) is 0.524. The van der Waals surface area contributed by atoms with Crippen molar-refractivity contribution >= 4 is 17.4 Å². The van der Waals surface area contributed by atoms with E-state index in [9.17, 15) is 0 Å². The van der Waals surface area contributed by atoms with Crippen LogP contribution in [0.4, 0.5) is 5.82 Å². The number of aromatic nitrogens is 2. The highest BCUT2D eigenvalue weighted by molar-refractivity contribution is 6.28. The molecule has 3 heterocycles. The summed E-state index contributed by atoms with van der Waals surface area (Å²) in [4.78, 5) is 11.5. The van der Waals surface area contributed by atoms with E-state index in [0.717, 1.165) is 50.4 Å². The van der Waals surface area contributed by atoms with Crippen molar-refractivity contribution in [2.45, 2.75) is 44.7 Å². The van der Waals surface area contributed by atoms with Gasteiger partial charge in [0, 0.05) is 24.7 Å². The third kappa shape index (κ3) is 4.98. The molecule has 2 aromatic rings. The average Bonchev–Trinajstić information content (AvgIpc) is 3.20. The van der Waals surface area contributed by atoms with Gasteiger partial charge in [-0.1, -0.05) is 30.3 Å². The van der Waals surface area contributed by atoms with Gasteiger partial charge in [-0.3, -0.25) is 0 Å². The molecule has 0 saturated carbocycles. The molecule has 1 aromatic carbocycles. The predicted molar refractivity (Wildman–Crippen MR) is 110 cm³/mol. The van der Waals surface area contributed by atoms with Crippen molar-refractivity contribution in [1.29, 1.82) is 0 Å². The van der Waals surface area contributed by atoms with Gasteiger partial charge in [0.05, 0.1) is 5.69 Å². The van der Waals surface area contributed by atoms with Crippen molar-refractivity contribution in [3.05, 3.63) is 52.4 Å². The van der Waals surface area contributed by atoms with Gasteiger partial charge in [0.25, 0.3) is 0 Å². The van der Waals surface area contributed by atoms with Crippen molar-refractivity contribution in [2.75, 3.05) is 31.5 Å². The van der Waals surface area contributed by atoms with Crippen LogP contribution in [0.25, 0.3) is 0 Å². The van der Waals surface area contributed by atoms with Crippen molar-refractivity contribution < 1.29 is 0 Å². The molecule has 1 saturated heterocycles. The maximum absolute atomic E-state index is 6.17. The Kier molecular flexibility index (Phi) is 6.22. The molecule has 144 valence electrons. The molecule has 2 aliphatic rings. The van der Waals surface area contributed by atoms with Gasteiger partial charge in [-0.15, -0.1) is 0 Å². The minimum Gasteiger partial charge on any atom is -0.370 e. The molecule has 0 aliphatic carbocycles. The van der Waals surface area contributed by atoms with Gasteiger partial charge in [-0.2, -0.15) is 0 Å². The number of hydrogen-bond acceptors (Lipinski definition) is 5. The topological polar surface area (TPSA) is 53.1 Å². The molecular formula is C21H28ClN5. The fourth-order valence-electron chi connectivity index (χ4n) is 4.13. The maximum Gasteiger partial charge on any atom is 0.224 e. The molecule has 0 bridgehead atoms. The zero-order valence-corrected chi connectivity index (χ0v) is 16.5. The number of halogens is 1. The number of rotatable bonds is 7. The maximum atomic E-state index is 6.17. The SMILES string of the molecule is Clc1nc2c(c(NCCCN3CCCC3)n1)CC(Cc1ccccc1)NC2. The number of anilines is 1. The normalized spacial score (nSPS) is 19.8. The highest BCUT2D eigenvalue weighted by Crippen LogP contribution is 2.25. The van der Waals surface area contributed by atoms with Crippen molar-refractivity contribution in [3.63, 3.8) is 0 Å². The summed E-state index contributed by atoms with van der Waals surface area (Å²) in [5.41, 5.74) is 3.61. The molecular weight excluding hydrogens is 358 g/mol. The highest BCUT2D eigenvalue weighted by Gasteiger charge is 2.23. The number of benzene rings is 1. The van der Waals surface area contributed by atoms with Crippen LogP contribution in [-0.2, 0) is 19.4 Å². The van der Waals surface area contributed by atoms with Gasteiger partial charge < -0.3 is 15.5 Å². The molecule has 6 heteroatoms. The monoisotopic (exact) mass is 385 g/mol. The number of nitrogens with one attached hydrogen (secondary N) is 2.